The van der Waals surface area contributed by atoms with Gasteiger partial charge in [0.25, 0.3) is 0 Å². The second-order valence-corrected chi connectivity index (χ2v) is 4.69. The fourth-order valence-corrected chi connectivity index (χ4v) is 2.25. The predicted octanol–water partition coefficient (Wildman–Crippen LogP) is 3.66. The number of hydrogen-bond donors (Lipinski definition) is 0. The fraction of sp³-hybridized carbons (Fsp3) is 0.125. The van der Waals surface area contributed by atoms with E-state index in [1.165, 1.54) is 5.56 Å². The molecule has 3 aromatic rings. The Kier molecular flexibility index (Phi) is 2.67. The van der Waals surface area contributed by atoms with E-state index in [4.69, 9.17) is 0 Å². The van der Waals surface area contributed by atoms with E-state index in [1.807, 2.05) is 23.7 Å². The van der Waals surface area contributed by atoms with Crippen LogP contribution in [-0.2, 0) is 0 Å². The second kappa shape index (κ2) is 4.35. The molecule has 3 nitrogen and oxygen atoms in total. The summed E-state index contributed by atoms with van der Waals surface area (Å²) in [7, 11) is 0. The summed E-state index contributed by atoms with van der Waals surface area (Å²) in [6.45, 7) is 7.83. The number of benzene rings is 1. The molecular weight excluding hydrogens is 234 g/mol. The van der Waals surface area contributed by atoms with Crippen LogP contribution in [0, 0.1) is 13.8 Å². The van der Waals surface area contributed by atoms with E-state index in [0.29, 0.717) is 0 Å². The van der Waals surface area contributed by atoms with E-state index in [0.717, 1.165) is 28.2 Å². The van der Waals surface area contributed by atoms with Gasteiger partial charge >= 0.3 is 0 Å². The molecular formula is C16H15N3. The zero-order valence-corrected chi connectivity index (χ0v) is 11.1. The molecule has 0 spiro atoms. The van der Waals surface area contributed by atoms with Gasteiger partial charge in [-0.25, -0.2) is 9.50 Å². The molecule has 0 aliphatic rings. The summed E-state index contributed by atoms with van der Waals surface area (Å²) in [5.41, 5.74) is 5.39. The summed E-state index contributed by atoms with van der Waals surface area (Å²) >= 11 is 0. The quantitative estimate of drug-likeness (QED) is 0.694. The van der Waals surface area contributed by atoms with Crippen LogP contribution >= 0.6 is 0 Å². The van der Waals surface area contributed by atoms with Crippen molar-refractivity contribution in [2.24, 2.45) is 0 Å². The average molecular weight is 249 g/mol. The van der Waals surface area contributed by atoms with E-state index in [1.54, 1.807) is 0 Å². The lowest BCUT2D eigenvalue weighted by molar-refractivity contribution is 0.929. The molecule has 0 amide bonds. The first kappa shape index (κ1) is 11.7. The van der Waals surface area contributed by atoms with Crippen molar-refractivity contribution in [3.05, 3.63) is 60.1 Å². The maximum Gasteiger partial charge on any atom is 0.163 e. The molecule has 2 heterocycles. The average Bonchev–Trinajstić information content (AvgIpc) is 2.77. The Morgan fingerprint density at radius 2 is 2.05 bits per heavy atom. The van der Waals surface area contributed by atoms with Crippen LogP contribution < -0.4 is 0 Å². The van der Waals surface area contributed by atoms with Crippen LogP contribution in [0.4, 0.5) is 0 Å². The number of nitrogens with zero attached hydrogens (tertiary/aromatic N) is 3. The highest BCUT2D eigenvalue weighted by Gasteiger charge is 2.09. The third-order valence-corrected chi connectivity index (χ3v) is 3.13. The highest BCUT2D eigenvalue weighted by Crippen LogP contribution is 2.26. The van der Waals surface area contributed by atoms with Crippen LogP contribution in [0.3, 0.4) is 0 Å². The van der Waals surface area contributed by atoms with E-state index in [-0.39, 0.29) is 0 Å². The summed E-state index contributed by atoms with van der Waals surface area (Å²) < 4.78 is 1.82. The lowest BCUT2D eigenvalue weighted by atomic mass is 10.0. The molecule has 1 aromatic carbocycles. The summed E-state index contributed by atoms with van der Waals surface area (Å²) in [5, 5.41) is 4.39. The van der Waals surface area contributed by atoms with Crippen molar-refractivity contribution in [1.82, 2.24) is 14.6 Å². The maximum absolute atomic E-state index is 4.51. The standard InChI is InChI=1S/C16H15N3/c1-4-13-9-15(14-7-5-6-11(2)8-14)16-17-12(3)18-19(16)10-13/h4-10H,1H2,2-3H3. The minimum atomic E-state index is 0.773. The summed E-state index contributed by atoms with van der Waals surface area (Å²) in [6, 6.07) is 10.5. The SMILES string of the molecule is C=Cc1cc(-c2cccc(C)c2)c2nc(C)nn2c1. The zero-order chi connectivity index (χ0) is 13.4. The molecule has 0 aliphatic carbocycles. The molecule has 94 valence electrons. The Balaban J connectivity index is 2.35. The molecule has 3 rings (SSSR count). The monoisotopic (exact) mass is 249 g/mol. The first-order chi connectivity index (χ1) is 9.17. The molecule has 0 aliphatic heterocycles. The third-order valence-electron chi connectivity index (χ3n) is 3.13. The molecule has 0 saturated carbocycles. The summed E-state index contributed by atoms with van der Waals surface area (Å²) in [6.07, 6.45) is 3.78. The topological polar surface area (TPSA) is 30.2 Å². The van der Waals surface area contributed by atoms with Crippen LogP contribution in [0.25, 0.3) is 22.9 Å². The number of hydrogen-bond acceptors (Lipinski definition) is 2. The Morgan fingerprint density at radius 1 is 1.21 bits per heavy atom. The van der Waals surface area contributed by atoms with E-state index in [2.05, 4.69) is 53.9 Å². The van der Waals surface area contributed by atoms with Crippen molar-refractivity contribution in [1.29, 1.82) is 0 Å². The number of aryl methyl sites for hydroxylation is 2. The number of fused-ring (bicyclic) bond motifs is 1. The van der Waals surface area contributed by atoms with Crippen LogP contribution in [0.2, 0.25) is 0 Å². The van der Waals surface area contributed by atoms with Gasteiger partial charge in [-0.1, -0.05) is 42.5 Å². The minimum Gasteiger partial charge on any atom is -0.220 e. The first-order valence-electron chi connectivity index (χ1n) is 6.24. The van der Waals surface area contributed by atoms with Crippen LogP contribution in [0.1, 0.15) is 17.0 Å². The van der Waals surface area contributed by atoms with Gasteiger partial charge in [0, 0.05) is 11.8 Å². The Hall–Kier alpha value is -2.42. The molecule has 0 fully saturated rings. The largest absolute Gasteiger partial charge is 0.220 e. The Labute approximate surface area is 112 Å². The normalized spacial score (nSPS) is 10.8. The van der Waals surface area contributed by atoms with Gasteiger partial charge in [-0.05, 0) is 31.0 Å². The molecule has 0 atom stereocenters. The van der Waals surface area contributed by atoms with Gasteiger partial charge in [0.2, 0.25) is 0 Å². The van der Waals surface area contributed by atoms with Crippen LogP contribution in [0.5, 0.6) is 0 Å². The molecule has 3 heteroatoms. The zero-order valence-electron chi connectivity index (χ0n) is 11.1. The van der Waals surface area contributed by atoms with Crippen LogP contribution in [-0.4, -0.2) is 14.6 Å². The molecule has 2 aromatic heterocycles. The number of aromatic nitrogens is 3. The summed E-state index contributed by atoms with van der Waals surface area (Å²) in [4.78, 5) is 4.51. The van der Waals surface area contributed by atoms with Crippen molar-refractivity contribution < 1.29 is 0 Å². The van der Waals surface area contributed by atoms with Crippen LogP contribution in [0.15, 0.2) is 43.1 Å². The minimum absolute atomic E-state index is 0.773. The summed E-state index contributed by atoms with van der Waals surface area (Å²) in [5.74, 6) is 0.773. The smallest absolute Gasteiger partial charge is 0.163 e. The molecule has 0 radical (unpaired) electrons. The maximum atomic E-state index is 4.51. The third kappa shape index (κ3) is 2.03. The van der Waals surface area contributed by atoms with Gasteiger partial charge in [0.15, 0.2) is 5.65 Å². The van der Waals surface area contributed by atoms with Gasteiger partial charge in [-0.2, -0.15) is 5.10 Å². The van der Waals surface area contributed by atoms with Gasteiger partial charge in [0.05, 0.1) is 0 Å². The van der Waals surface area contributed by atoms with Gasteiger partial charge in [-0.3, -0.25) is 0 Å². The second-order valence-electron chi connectivity index (χ2n) is 4.69. The van der Waals surface area contributed by atoms with Crippen molar-refractivity contribution in [3.8, 4) is 11.1 Å². The van der Waals surface area contributed by atoms with Gasteiger partial charge < -0.3 is 0 Å². The molecule has 0 saturated heterocycles. The van der Waals surface area contributed by atoms with E-state index < -0.39 is 0 Å². The van der Waals surface area contributed by atoms with Crippen molar-refractivity contribution in [2.45, 2.75) is 13.8 Å². The van der Waals surface area contributed by atoms with Crippen molar-refractivity contribution >= 4 is 11.7 Å². The Morgan fingerprint density at radius 3 is 2.79 bits per heavy atom. The highest BCUT2D eigenvalue weighted by molar-refractivity contribution is 5.79. The van der Waals surface area contributed by atoms with E-state index >= 15 is 0 Å². The van der Waals surface area contributed by atoms with E-state index in [9.17, 15) is 0 Å². The molecule has 0 unspecified atom stereocenters. The lowest BCUT2D eigenvalue weighted by Gasteiger charge is -2.06. The number of pyridine rings is 1. The highest BCUT2D eigenvalue weighted by atomic mass is 15.3. The van der Waals surface area contributed by atoms with Crippen molar-refractivity contribution in [3.63, 3.8) is 0 Å². The predicted molar refractivity (Wildman–Crippen MR) is 78.0 cm³/mol. The molecule has 0 N–H and O–H groups in total. The Bertz CT molecular complexity index is 769. The van der Waals surface area contributed by atoms with Gasteiger partial charge in [-0.15, -0.1) is 0 Å². The number of rotatable bonds is 2. The first-order valence-corrected chi connectivity index (χ1v) is 6.24. The molecule has 0 bridgehead atoms. The lowest BCUT2D eigenvalue weighted by Crippen LogP contribution is -1.92. The molecule has 19 heavy (non-hydrogen) atoms. The van der Waals surface area contributed by atoms with Gasteiger partial charge in [0.1, 0.15) is 5.82 Å². The fourth-order valence-electron chi connectivity index (χ4n) is 2.25. The van der Waals surface area contributed by atoms with Crippen molar-refractivity contribution in [2.75, 3.05) is 0 Å².